The number of anilines is 3. The zero-order valence-corrected chi connectivity index (χ0v) is 35.4. The summed E-state index contributed by atoms with van der Waals surface area (Å²) in [6.07, 6.45) is 0. The van der Waals surface area contributed by atoms with Crippen LogP contribution in [0.2, 0.25) is 0 Å². The Labute approximate surface area is 342 Å². The number of benzene rings is 7. The number of nitrogens with zero attached hydrogens (tertiary/aromatic N) is 1. The van der Waals surface area contributed by atoms with Crippen LogP contribution in [0.25, 0.3) is 44.5 Å². The average molecular weight is 793 g/mol. The molecule has 0 aliphatic heterocycles. The highest BCUT2D eigenvalue weighted by atomic mass is 79.9. The second-order valence-electron chi connectivity index (χ2n) is 18.0. The highest BCUT2D eigenvalue weighted by Crippen LogP contribution is 2.62. The first-order chi connectivity index (χ1) is 26.7. The van der Waals surface area contributed by atoms with E-state index in [1.807, 2.05) is 0 Å². The highest BCUT2D eigenvalue weighted by molar-refractivity contribution is 9.10. The van der Waals surface area contributed by atoms with Gasteiger partial charge in [0.25, 0.3) is 0 Å². The SMILES string of the molecule is CC1(C)c2ccccc2-c2ccc(N(c3ccc(-c4ccccc4)cc3)c3ccc(-c4ccc(-c5cc6c(cc5Br)C(C)(C)C(C)(C)C6(C)C)cc4)cc3)cc21. The van der Waals surface area contributed by atoms with E-state index in [0.717, 1.165) is 21.5 Å². The van der Waals surface area contributed by atoms with E-state index in [2.05, 4.69) is 234 Å². The van der Waals surface area contributed by atoms with Crippen LogP contribution in [-0.2, 0) is 16.2 Å². The molecule has 0 atom stereocenters. The minimum absolute atomic E-state index is 0.0573. The monoisotopic (exact) mass is 791 g/mol. The van der Waals surface area contributed by atoms with E-state index in [-0.39, 0.29) is 21.7 Å². The van der Waals surface area contributed by atoms with Gasteiger partial charge in [-0.2, -0.15) is 0 Å². The standard InChI is InChI=1S/C54H50BrN/c1-51(2)46-17-13-12-16-43(46)44-31-30-42(32-47(44)51)56(40-26-22-37(23-27-40)35-14-10-9-11-15-35)41-28-24-38(25-29-41)36-18-20-39(21-19-36)45-33-48-49(34-50(45)55)53(5,6)54(7,8)52(48,3)4/h9-34H,1-8H3. The zero-order chi connectivity index (χ0) is 39.2. The van der Waals surface area contributed by atoms with Gasteiger partial charge in [-0.1, -0.05) is 181 Å². The van der Waals surface area contributed by atoms with E-state index < -0.39 is 0 Å². The lowest BCUT2D eigenvalue weighted by molar-refractivity contribution is 0.125. The molecule has 7 aromatic carbocycles. The third-order valence-corrected chi connectivity index (χ3v) is 14.9. The Morgan fingerprint density at radius 2 is 0.804 bits per heavy atom. The largest absolute Gasteiger partial charge is 0.310 e. The van der Waals surface area contributed by atoms with Gasteiger partial charge in [-0.25, -0.2) is 0 Å². The summed E-state index contributed by atoms with van der Waals surface area (Å²) in [6, 6.07) is 58.5. The number of hydrogen-bond acceptors (Lipinski definition) is 1. The summed E-state index contributed by atoms with van der Waals surface area (Å²) in [7, 11) is 0. The second-order valence-corrected chi connectivity index (χ2v) is 18.9. The Morgan fingerprint density at radius 1 is 0.357 bits per heavy atom. The van der Waals surface area contributed by atoms with Crippen LogP contribution >= 0.6 is 15.9 Å². The van der Waals surface area contributed by atoms with Gasteiger partial charge in [0, 0.05) is 26.9 Å². The third kappa shape index (κ3) is 5.47. The number of halogens is 1. The molecule has 2 aliphatic carbocycles. The van der Waals surface area contributed by atoms with Gasteiger partial charge in [-0.3, -0.25) is 0 Å². The molecule has 0 unspecified atom stereocenters. The van der Waals surface area contributed by atoms with Gasteiger partial charge in [-0.05, 0) is 132 Å². The first-order valence-electron chi connectivity index (χ1n) is 20.0. The lowest BCUT2D eigenvalue weighted by Crippen LogP contribution is -2.42. The Balaban J connectivity index is 1.06. The van der Waals surface area contributed by atoms with Gasteiger partial charge in [-0.15, -0.1) is 0 Å². The molecule has 0 heterocycles. The molecule has 0 bridgehead atoms. The normalized spacial score (nSPS) is 16.5. The lowest BCUT2D eigenvalue weighted by Gasteiger charge is -2.44. The van der Waals surface area contributed by atoms with Crippen molar-refractivity contribution < 1.29 is 0 Å². The van der Waals surface area contributed by atoms with Crippen molar-refractivity contribution in [2.75, 3.05) is 4.90 Å². The molecule has 0 N–H and O–H groups in total. The maximum atomic E-state index is 3.98. The van der Waals surface area contributed by atoms with E-state index in [0.29, 0.717) is 0 Å². The molecule has 2 heteroatoms. The van der Waals surface area contributed by atoms with E-state index in [1.165, 1.54) is 66.8 Å². The van der Waals surface area contributed by atoms with Crippen molar-refractivity contribution in [2.24, 2.45) is 5.41 Å². The van der Waals surface area contributed by atoms with Crippen molar-refractivity contribution in [3.63, 3.8) is 0 Å². The molecule has 0 saturated carbocycles. The van der Waals surface area contributed by atoms with Crippen LogP contribution < -0.4 is 4.90 Å². The topological polar surface area (TPSA) is 3.24 Å². The van der Waals surface area contributed by atoms with Gasteiger partial charge in [0.2, 0.25) is 0 Å². The van der Waals surface area contributed by atoms with Crippen molar-refractivity contribution in [1.82, 2.24) is 0 Å². The molecule has 0 saturated heterocycles. The summed E-state index contributed by atoms with van der Waals surface area (Å²) in [5, 5.41) is 0. The van der Waals surface area contributed by atoms with Crippen molar-refractivity contribution in [2.45, 2.75) is 71.6 Å². The van der Waals surface area contributed by atoms with E-state index in [9.17, 15) is 0 Å². The van der Waals surface area contributed by atoms with Gasteiger partial charge in [0.1, 0.15) is 0 Å². The quantitative estimate of drug-likeness (QED) is 0.162. The number of hydrogen-bond donors (Lipinski definition) is 0. The van der Waals surface area contributed by atoms with Crippen molar-refractivity contribution in [3.8, 4) is 44.5 Å². The van der Waals surface area contributed by atoms with E-state index in [4.69, 9.17) is 0 Å². The van der Waals surface area contributed by atoms with Crippen LogP contribution in [0, 0.1) is 5.41 Å². The fourth-order valence-corrected chi connectivity index (χ4v) is 10.2. The first kappa shape index (κ1) is 36.5. The fraction of sp³-hybridized carbons (Fsp3) is 0.222. The molecule has 278 valence electrons. The fourth-order valence-electron chi connectivity index (χ4n) is 9.64. The van der Waals surface area contributed by atoms with Crippen LogP contribution in [0.4, 0.5) is 17.1 Å². The molecule has 0 radical (unpaired) electrons. The maximum Gasteiger partial charge on any atom is 0.0465 e. The molecule has 7 aromatic rings. The van der Waals surface area contributed by atoms with Crippen LogP contribution in [-0.4, -0.2) is 0 Å². The van der Waals surface area contributed by atoms with Gasteiger partial charge >= 0.3 is 0 Å². The van der Waals surface area contributed by atoms with E-state index >= 15 is 0 Å². The first-order valence-corrected chi connectivity index (χ1v) is 20.7. The van der Waals surface area contributed by atoms with Crippen LogP contribution in [0.15, 0.2) is 162 Å². The molecule has 9 rings (SSSR count). The molecule has 0 amide bonds. The van der Waals surface area contributed by atoms with Crippen LogP contribution in [0.3, 0.4) is 0 Å². The van der Waals surface area contributed by atoms with Gasteiger partial charge < -0.3 is 4.90 Å². The Bertz CT molecular complexity index is 2610. The van der Waals surface area contributed by atoms with E-state index in [1.54, 1.807) is 0 Å². The van der Waals surface area contributed by atoms with Gasteiger partial charge in [0.05, 0.1) is 0 Å². The summed E-state index contributed by atoms with van der Waals surface area (Å²) in [5.41, 5.74) is 19.2. The smallest absolute Gasteiger partial charge is 0.0465 e. The Kier molecular flexibility index (Phi) is 8.42. The highest BCUT2D eigenvalue weighted by Gasteiger charge is 2.57. The Hall–Kier alpha value is -5.18. The number of rotatable bonds is 6. The molecule has 1 nitrogen and oxygen atoms in total. The molecule has 2 aliphatic rings. The summed E-state index contributed by atoms with van der Waals surface area (Å²) in [4.78, 5) is 2.40. The molecule has 0 spiro atoms. The zero-order valence-electron chi connectivity index (χ0n) is 33.8. The maximum absolute atomic E-state index is 3.98. The average Bonchev–Trinajstić information content (AvgIpc) is 3.49. The third-order valence-electron chi connectivity index (χ3n) is 14.3. The lowest BCUT2D eigenvalue weighted by atomic mass is 9.59. The summed E-state index contributed by atoms with van der Waals surface area (Å²) >= 11 is 3.98. The minimum atomic E-state index is -0.0838. The summed E-state index contributed by atoms with van der Waals surface area (Å²) in [5.74, 6) is 0. The van der Waals surface area contributed by atoms with Gasteiger partial charge in [0.15, 0.2) is 0 Å². The van der Waals surface area contributed by atoms with Crippen molar-refractivity contribution in [3.05, 3.63) is 184 Å². The predicted molar refractivity (Wildman–Crippen MR) is 243 cm³/mol. The molecular weight excluding hydrogens is 743 g/mol. The van der Waals surface area contributed by atoms with Crippen LogP contribution in [0.5, 0.6) is 0 Å². The molecular formula is C54H50BrN. The minimum Gasteiger partial charge on any atom is -0.310 e. The van der Waals surface area contributed by atoms with Crippen LogP contribution in [0.1, 0.15) is 77.6 Å². The summed E-state index contributed by atoms with van der Waals surface area (Å²) in [6.45, 7) is 19.2. The molecule has 56 heavy (non-hydrogen) atoms. The Morgan fingerprint density at radius 3 is 1.39 bits per heavy atom. The predicted octanol–water partition coefficient (Wildman–Crippen LogP) is 15.8. The molecule has 0 aromatic heterocycles. The van der Waals surface area contributed by atoms with Crippen molar-refractivity contribution in [1.29, 1.82) is 0 Å². The summed E-state index contributed by atoms with van der Waals surface area (Å²) < 4.78 is 1.16. The second kappa shape index (κ2) is 12.9. The molecule has 0 fully saturated rings. The van der Waals surface area contributed by atoms with Crippen molar-refractivity contribution >= 4 is 33.0 Å². The number of fused-ring (bicyclic) bond motifs is 4.